The molecule has 1 saturated carbocycles. The third kappa shape index (κ3) is 3.74. The normalized spacial score (nSPS) is 15.9. The molecule has 1 aromatic heterocycles. The largest absolute Gasteiger partial charge is 0.416 e. The van der Waals surface area contributed by atoms with Crippen LogP contribution in [-0.2, 0) is 27.9 Å². The Kier molecular flexibility index (Phi) is 4.86. The third-order valence-electron chi connectivity index (χ3n) is 5.46. The Balaban J connectivity index is 1.60. The molecule has 0 saturated heterocycles. The molecule has 2 N–H and O–H groups in total. The number of anilines is 1. The number of ether oxygens (including phenoxy) is 1. The van der Waals surface area contributed by atoms with Gasteiger partial charge in [-0.1, -0.05) is 24.3 Å². The summed E-state index contributed by atoms with van der Waals surface area (Å²) in [6.07, 6.45) is -0.757. The van der Waals surface area contributed by atoms with Gasteiger partial charge in [0.05, 0.1) is 23.5 Å². The first-order chi connectivity index (χ1) is 13.8. The van der Waals surface area contributed by atoms with Crippen LogP contribution in [0, 0.1) is 0 Å². The molecule has 3 aromatic rings. The fraction of sp³-hybridized carbons (Fsp3) is 0.318. The summed E-state index contributed by atoms with van der Waals surface area (Å²) in [5.74, 6) is -0.176. The first-order valence-electron chi connectivity index (χ1n) is 9.47. The molecular weight excluding hydrogens is 381 g/mol. The van der Waals surface area contributed by atoms with Gasteiger partial charge in [0.15, 0.2) is 0 Å². The third-order valence-corrected chi connectivity index (χ3v) is 5.46. The van der Waals surface area contributed by atoms with Crippen LogP contribution in [0.5, 0.6) is 0 Å². The SMILES string of the molecule is CC(=O)Nc1c[nH]c2ccc(COC3(c4ccccc4C(F)(F)F)CCC3)cc12. The van der Waals surface area contributed by atoms with E-state index in [9.17, 15) is 18.0 Å². The summed E-state index contributed by atoms with van der Waals surface area (Å²) in [5.41, 5.74) is 1.02. The highest BCUT2D eigenvalue weighted by Gasteiger charge is 2.46. The molecule has 0 bridgehead atoms. The van der Waals surface area contributed by atoms with Gasteiger partial charge in [0.1, 0.15) is 0 Å². The van der Waals surface area contributed by atoms with Crippen LogP contribution in [0.25, 0.3) is 10.9 Å². The van der Waals surface area contributed by atoms with Crippen LogP contribution < -0.4 is 5.32 Å². The number of amides is 1. The van der Waals surface area contributed by atoms with E-state index in [0.29, 0.717) is 18.5 Å². The summed E-state index contributed by atoms with van der Waals surface area (Å²) >= 11 is 0. The van der Waals surface area contributed by atoms with Crippen molar-refractivity contribution in [3.05, 3.63) is 65.4 Å². The topological polar surface area (TPSA) is 54.1 Å². The second-order valence-corrected chi connectivity index (χ2v) is 7.44. The molecule has 4 nitrogen and oxygen atoms in total. The van der Waals surface area contributed by atoms with E-state index in [-0.39, 0.29) is 18.1 Å². The number of aromatic nitrogens is 1. The van der Waals surface area contributed by atoms with Crippen LogP contribution in [-0.4, -0.2) is 10.9 Å². The Morgan fingerprint density at radius 1 is 1.21 bits per heavy atom. The van der Waals surface area contributed by atoms with Crippen LogP contribution in [0.15, 0.2) is 48.7 Å². The van der Waals surface area contributed by atoms with E-state index in [0.717, 1.165) is 29.0 Å². The Hall–Kier alpha value is -2.80. The number of carbonyl (C=O) groups is 1. The summed E-state index contributed by atoms with van der Waals surface area (Å²) in [5, 5.41) is 3.60. The molecule has 0 spiro atoms. The number of rotatable bonds is 5. The van der Waals surface area contributed by atoms with Crippen LogP contribution in [0.4, 0.5) is 18.9 Å². The number of alkyl halides is 3. The summed E-state index contributed by atoms with van der Waals surface area (Å²) in [7, 11) is 0. The maximum atomic E-state index is 13.5. The van der Waals surface area contributed by atoms with E-state index < -0.39 is 17.3 Å². The average molecular weight is 402 g/mol. The van der Waals surface area contributed by atoms with Gasteiger partial charge in [-0.2, -0.15) is 13.2 Å². The standard InChI is InChI=1S/C22H21F3N2O2/c1-14(28)27-20-12-26-19-8-7-15(11-16(19)20)13-29-21(9-4-10-21)17-5-2-3-6-18(17)22(23,24)25/h2-3,5-8,11-12,26H,4,9-10,13H2,1H3,(H,27,28). The molecule has 4 rings (SSSR count). The van der Waals surface area contributed by atoms with Gasteiger partial charge in [-0.05, 0) is 48.6 Å². The molecule has 0 aliphatic heterocycles. The predicted octanol–water partition coefficient (Wildman–Crippen LogP) is 5.74. The molecular formula is C22H21F3N2O2. The Morgan fingerprint density at radius 2 is 1.97 bits per heavy atom. The van der Waals surface area contributed by atoms with Crippen molar-refractivity contribution in [1.82, 2.24) is 4.98 Å². The Morgan fingerprint density at radius 3 is 2.62 bits per heavy atom. The number of halogens is 3. The van der Waals surface area contributed by atoms with Gasteiger partial charge < -0.3 is 15.0 Å². The van der Waals surface area contributed by atoms with Gasteiger partial charge >= 0.3 is 6.18 Å². The monoisotopic (exact) mass is 402 g/mol. The maximum Gasteiger partial charge on any atom is 0.416 e. The fourth-order valence-electron chi connectivity index (χ4n) is 3.89. The molecule has 0 atom stereocenters. The van der Waals surface area contributed by atoms with Crippen molar-refractivity contribution in [3.63, 3.8) is 0 Å². The van der Waals surface area contributed by atoms with Gasteiger partial charge in [-0.3, -0.25) is 4.79 Å². The minimum atomic E-state index is -4.42. The molecule has 1 aliphatic carbocycles. The van der Waals surface area contributed by atoms with Gasteiger partial charge in [0.2, 0.25) is 5.91 Å². The lowest BCUT2D eigenvalue weighted by Crippen LogP contribution is -2.39. The van der Waals surface area contributed by atoms with Gasteiger partial charge in [-0.25, -0.2) is 0 Å². The number of carbonyl (C=O) groups excluding carboxylic acids is 1. The number of aromatic amines is 1. The first kappa shape index (κ1) is 19.5. The molecule has 1 heterocycles. The predicted molar refractivity (Wildman–Crippen MR) is 104 cm³/mol. The van der Waals surface area contributed by atoms with E-state index in [1.54, 1.807) is 12.3 Å². The molecule has 0 unspecified atom stereocenters. The Bertz CT molecular complexity index is 1050. The first-order valence-corrected chi connectivity index (χ1v) is 9.47. The van der Waals surface area contributed by atoms with Crippen molar-refractivity contribution in [2.45, 2.75) is 44.6 Å². The summed E-state index contributed by atoms with van der Waals surface area (Å²) < 4.78 is 46.6. The smallest absolute Gasteiger partial charge is 0.366 e. The van der Waals surface area contributed by atoms with E-state index in [1.807, 2.05) is 18.2 Å². The Labute approximate surface area is 166 Å². The lowest BCUT2D eigenvalue weighted by molar-refractivity contribution is -0.150. The molecule has 2 aromatic carbocycles. The van der Waals surface area contributed by atoms with Crippen molar-refractivity contribution < 1.29 is 22.7 Å². The van der Waals surface area contributed by atoms with Gasteiger partial charge in [0, 0.05) is 24.0 Å². The zero-order chi connectivity index (χ0) is 20.6. The summed E-state index contributed by atoms with van der Waals surface area (Å²) in [6, 6.07) is 11.3. The molecule has 1 amide bonds. The van der Waals surface area contributed by atoms with Crippen LogP contribution in [0.1, 0.15) is 42.9 Å². The van der Waals surface area contributed by atoms with E-state index in [1.165, 1.54) is 19.1 Å². The number of benzene rings is 2. The van der Waals surface area contributed by atoms with Crippen LogP contribution in [0.2, 0.25) is 0 Å². The molecule has 1 fully saturated rings. The van der Waals surface area contributed by atoms with Gasteiger partial charge in [-0.15, -0.1) is 0 Å². The zero-order valence-corrected chi connectivity index (χ0v) is 15.9. The highest BCUT2D eigenvalue weighted by Crippen LogP contribution is 2.49. The second kappa shape index (κ2) is 7.22. The molecule has 7 heteroatoms. The lowest BCUT2D eigenvalue weighted by atomic mass is 9.73. The summed E-state index contributed by atoms with van der Waals surface area (Å²) in [6.45, 7) is 1.62. The number of nitrogens with one attached hydrogen (secondary N) is 2. The van der Waals surface area contributed by atoms with E-state index in [4.69, 9.17) is 4.74 Å². The number of hydrogen-bond donors (Lipinski definition) is 2. The number of H-pyrrole nitrogens is 1. The van der Waals surface area contributed by atoms with E-state index >= 15 is 0 Å². The van der Waals surface area contributed by atoms with Crippen molar-refractivity contribution in [3.8, 4) is 0 Å². The van der Waals surface area contributed by atoms with Crippen LogP contribution in [0.3, 0.4) is 0 Å². The number of hydrogen-bond acceptors (Lipinski definition) is 2. The molecule has 0 radical (unpaired) electrons. The van der Waals surface area contributed by atoms with E-state index in [2.05, 4.69) is 10.3 Å². The molecule has 1 aliphatic rings. The van der Waals surface area contributed by atoms with Crippen molar-refractivity contribution in [2.24, 2.45) is 0 Å². The summed E-state index contributed by atoms with van der Waals surface area (Å²) in [4.78, 5) is 14.5. The van der Waals surface area contributed by atoms with Crippen molar-refractivity contribution >= 4 is 22.5 Å². The maximum absolute atomic E-state index is 13.5. The average Bonchev–Trinajstić information content (AvgIpc) is 3.02. The van der Waals surface area contributed by atoms with Crippen molar-refractivity contribution in [1.29, 1.82) is 0 Å². The zero-order valence-electron chi connectivity index (χ0n) is 15.9. The second-order valence-electron chi connectivity index (χ2n) is 7.44. The van der Waals surface area contributed by atoms with Gasteiger partial charge in [0.25, 0.3) is 0 Å². The minimum absolute atomic E-state index is 0.176. The van der Waals surface area contributed by atoms with Crippen LogP contribution >= 0.6 is 0 Å². The molecule has 29 heavy (non-hydrogen) atoms. The quantitative estimate of drug-likeness (QED) is 0.572. The lowest BCUT2D eigenvalue weighted by Gasteiger charge is -2.43. The molecule has 152 valence electrons. The highest BCUT2D eigenvalue weighted by molar-refractivity contribution is 6.01. The minimum Gasteiger partial charge on any atom is -0.366 e. The highest BCUT2D eigenvalue weighted by atomic mass is 19.4. The number of fused-ring (bicyclic) bond motifs is 1. The van der Waals surface area contributed by atoms with Crippen molar-refractivity contribution in [2.75, 3.05) is 5.32 Å². The fourth-order valence-corrected chi connectivity index (χ4v) is 3.89.